The fraction of sp³-hybridized carbons (Fsp3) is 0.714. The Hall–Kier alpha value is 0.0400. The number of hydrogen-bond donors (Lipinski definition) is 1. The zero-order chi connectivity index (χ0) is 8.48. The van der Waals surface area contributed by atoms with Gasteiger partial charge >= 0.3 is 0 Å². The van der Waals surface area contributed by atoms with E-state index in [2.05, 4.69) is 19.2 Å². The van der Waals surface area contributed by atoms with Crippen LogP contribution in [0.5, 0.6) is 0 Å². The van der Waals surface area contributed by atoms with Crippen LogP contribution in [0.15, 0.2) is 12.7 Å². The van der Waals surface area contributed by atoms with Crippen molar-refractivity contribution >= 4 is 22.5 Å². The maximum Gasteiger partial charge on any atom is 0.154 e. The van der Waals surface area contributed by atoms with E-state index in [1.807, 2.05) is 0 Å². The smallest absolute Gasteiger partial charge is 0.154 e. The van der Waals surface area contributed by atoms with Gasteiger partial charge in [0, 0.05) is 5.25 Å². The van der Waals surface area contributed by atoms with Crippen LogP contribution in [0.1, 0.15) is 12.8 Å². The van der Waals surface area contributed by atoms with Gasteiger partial charge in [0.25, 0.3) is 0 Å². The van der Waals surface area contributed by atoms with Crippen molar-refractivity contribution in [3.63, 3.8) is 0 Å². The molecule has 0 saturated carbocycles. The van der Waals surface area contributed by atoms with Gasteiger partial charge in [-0.2, -0.15) is 12.6 Å². The van der Waals surface area contributed by atoms with Crippen molar-refractivity contribution in [2.45, 2.75) is 23.3 Å². The summed E-state index contributed by atoms with van der Waals surface area (Å²) in [6, 6.07) is 0. The summed E-state index contributed by atoms with van der Waals surface area (Å²) in [5.74, 6) is 0.291. The topological polar surface area (TPSA) is 34.1 Å². The Morgan fingerprint density at radius 1 is 1.64 bits per heavy atom. The minimum absolute atomic E-state index is 0.0120. The average molecular weight is 192 g/mol. The van der Waals surface area contributed by atoms with Crippen LogP contribution in [0.2, 0.25) is 0 Å². The van der Waals surface area contributed by atoms with E-state index in [9.17, 15) is 8.42 Å². The van der Waals surface area contributed by atoms with Crippen molar-refractivity contribution in [2.24, 2.45) is 0 Å². The molecule has 0 aromatic rings. The van der Waals surface area contributed by atoms with Crippen LogP contribution in [0.3, 0.4) is 0 Å². The van der Waals surface area contributed by atoms with E-state index in [0.717, 1.165) is 0 Å². The molecule has 11 heavy (non-hydrogen) atoms. The van der Waals surface area contributed by atoms with Crippen LogP contribution >= 0.6 is 12.6 Å². The van der Waals surface area contributed by atoms with Crippen LogP contribution in [-0.2, 0) is 9.84 Å². The van der Waals surface area contributed by atoms with Gasteiger partial charge in [0.2, 0.25) is 0 Å². The van der Waals surface area contributed by atoms with Gasteiger partial charge in [0.05, 0.1) is 11.0 Å². The molecule has 1 aliphatic heterocycles. The van der Waals surface area contributed by atoms with Crippen LogP contribution in [0.25, 0.3) is 0 Å². The molecule has 1 fully saturated rings. The summed E-state index contributed by atoms with van der Waals surface area (Å²) < 4.78 is 22.5. The highest BCUT2D eigenvalue weighted by Crippen LogP contribution is 2.27. The molecule has 64 valence electrons. The summed E-state index contributed by atoms with van der Waals surface area (Å²) in [7, 11) is -2.85. The van der Waals surface area contributed by atoms with Gasteiger partial charge in [-0.3, -0.25) is 0 Å². The first kappa shape index (κ1) is 9.13. The number of thiol groups is 1. The predicted molar refractivity (Wildman–Crippen MR) is 49.8 cm³/mol. The molecule has 2 unspecified atom stereocenters. The third kappa shape index (κ3) is 1.79. The molecular formula is C7H12O2S2. The van der Waals surface area contributed by atoms with Crippen LogP contribution in [-0.4, -0.2) is 24.7 Å². The predicted octanol–water partition coefficient (Wildman–Crippen LogP) is 1.05. The molecule has 0 aromatic carbocycles. The minimum atomic E-state index is -2.85. The quantitative estimate of drug-likeness (QED) is 0.524. The second-order valence-corrected chi connectivity index (χ2v) is 5.79. The Labute approximate surface area is 73.0 Å². The molecule has 1 rings (SSSR count). The maximum absolute atomic E-state index is 11.3. The Morgan fingerprint density at radius 3 is 2.64 bits per heavy atom. The van der Waals surface area contributed by atoms with Crippen molar-refractivity contribution in [3.05, 3.63) is 12.7 Å². The molecule has 1 saturated heterocycles. The third-order valence-electron chi connectivity index (χ3n) is 1.99. The van der Waals surface area contributed by atoms with E-state index in [-0.39, 0.29) is 10.5 Å². The average Bonchev–Trinajstić information content (AvgIpc) is 2.16. The van der Waals surface area contributed by atoms with E-state index >= 15 is 0 Å². The highest BCUT2D eigenvalue weighted by Gasteiger charge is 2.36. The summed E-state index contributed by atoms with van der Waals surface area (Å²) in [5.41, 5.74) is 0. The summed E-state index contributed by atoms with van der Waals surface area (Å²) in [6.45, 7) is 3.53. The molecule has 0 N–H and O–H groups in total. The standard InChI is InChI=1S/C7H12O2S2/c1-2-3-7-6(10)4-5-11(7,8)9/h2,6-7,10H,1,3-5H2. The Kier molecular flexibility index (Phi) is 2.65. The molecule has 0 bridgehead atoms. The monoisotopic (exact) mass is 192 g/mol. The van der Waals surface area contributed by atoms with Gasteiger partial charge in [-0.15, -0.1) is 6.58 Å². The minimum Gasteiger partial charge on any atom is -0.228 e. The number of hydrogen-bond acceptors (Lipinski definition) is 3. The van der Waals surface area contributed by atoms with Gasteiger partial charge in [0.1, 0.15) is 0 Å². The zero-order valence-electron chi connectivity index (χ0n) is 6.23. The lowest BCUT2D eigenvalue weighted by Crippen LogP contribution is -2.21. The van der Waals surface area contributed by atoms with Crippen molar-refractivity contribution in [2.75, 3.05) is 5.75 Å². The molecular weight excluding hydrogens is 180 g/mol. The molecule has 1 heterocycles. The molecule has 2 nitrogen and oxygen atoms in total. The van der Waals surface area contributed by atoms with Gasteiger partial charge in [-0.1, -0.05) is 6.08 Å². The fourth-order valence-electron chi connectivity index (χ4n) is 1.33. The van der Waals surface area contributed by atoms with Gasteiger partial charge in [0.15, 0.2) is 9.84 Å². The second-order valence-electron chi connectivity index (χ2n) is 2.79. The summed E-state index contributed by atoms with van der Waals surface area (Å²) in [4.78, 5) is 0. The number of allylic oxidation sites excluding steroid dienone is 1. The lowest BCUT2D eigenvalue weighted by molar-refractivity contribution is 0.590. The zero-order valence-corrected chi connectivity index (χ0v) is 7.94. The van der Waals surface area contributed by atoms with Crippen LogP contribution < -0.4 is 0 Å². The number of rotatable bonds is 2. The van der Waals surface area contributed by atoms with E-state index < -0.39 is 9.84 Å². The Morgan fingerprint density at radius 2 is 2.27 bits per heavy atom. The van der Waals surface area contributed by atoms with Gasteiger partial charge in [-0.05, 0) is 12.8 Å². The first-order valence-electron chi connectivity index (χ1n) is 3.58. The lowest BCUT2D eigenvalue weighted by atomic mass is 10.2. The first-order chi connectivity index (χ1) is 5.08. The van der Waals surface area contributed by atoms with Crippen molar-refractivity contribution < 1.29 is 8.42 Å². The van der Waals surface area contributed by atoms with E-state index in [0.29, 0.717) is 18.6 Å². The van der Waals surface area contributed by atoms with Crippen molar-refractivity contribution in [1.29, 1.82) is 0 Å². The molecule has 0 spiro atoms. The molecule has 2 atom stereocenters. The van der Waals surface area contributed by atoms with E-state index in [1.165, 1.54) is 0 Å². The van der Waals surface area contributed by atoms with E-state index in [1.54, 1.807) is 6.08 Å². The van der Waals surface area contributed by atoms with Gasteiger partial charge < -0.3 is 0 Å². The van der Waals surface area contributed by atoms with E-state index in [4.69, 9.17) is 0 Å². The highest BCUT2D eigenvalue weighted by atomic mass is 32.2. The summed E-state index contributed by atoms with van der Waals surface area (Å²) in [6.07, 6.45) is 2.87. The van der Waals surface area contributed by atoms with Crippen molar-refractivity contribution in [1.82, 2.24) is 0 Å². The lowest BCUT2D eigenvalue weighted by Gasteiger charge is -2.09. The molecule has 1 aliphatic rings. The molecule has 0 aromatic heterocycles. The first-order valence-corrected chi connectivity index (χ1v) is 5.81. The SMILES string of the molecule is C=CCC1C(S)CCS1(=O)=O. The molecule has 0 radical (unpaired) electrons. The van der Waals surface area contributed by atoms with Crippen molar-refractivity contribution in [3.8, 4) is 0 Å². The molecule has 4 heteroatoms. The molecule has 0 aliphatic carbocycles. The summed E-state index contributed by atoms with van der Waals surface area (Å²) in [5, 5.41) is -0.277. The highest BCUT2D eigenvalue weighted by molar-refractivity contribution is 7.94. The third-order valence-corrected chi connectivity index (χ3v) is 5.06. The van der Waals surface area contributed by atoms with Crippen LogP contribution in [0, 0.1) is 0 Å². The Balaban J connectivity index is 2.80. The van der Waals surface area contributed by atoms with Crippen LogP contribution in [0.4, 0.5) is 0 Å². The van der Waals surface area contributed by atoms with Gasteiger partial charge in [-0.25, -0.2) is 8.42 Å². The summed E-state index contributed by atoms with van der Waals surface area (Å²) >= 11 is 4.21. The maximum atomic E-state index is 11.3. The number of sulfone groups is 1. The fourth-order valence-corrected chi connectivity index (χ4v) is 4.24. The normalized spacial score (nSPS) is 35.4. The Bertz CT molecular complexity index is 243. The largest absolute Gasteiger partial charge is 0.228 e. The second kappa shape index (κ2) is 3.19. The molecule has 0 amide bonds.